The van der Waals surface area contributed by atoms with E-state index in [0.29, 0.717) is 33.9 Å². The third-order valence-electron chi connectivity index (χ3n) is 4.68. The SMILES string of the molecule is N=CC(C=NCCO)c1cncc(-c2cc(-c3ccccc3F)nc3ncccc23)n1. The molecule has 0 spiro atoms. The molecule has 7 nitrogen and oxygen atoms in total. The number of aliphatic hydroxyl groups is 1. The topological polar surface area (TPSA) is 108 Å². The molecule has 3 aromatic heterocycles. The van der Waals surface area contributed by atoms with E-state index in [0.717, 1.165) is 5.39 Å². The number of benzene rings is 1. The zero-order valence-corrected chi connectivity index (χ0v) is 16.5. The summed E-state index contributed by atoms with van der Waals surface area (Å²) in [5, 5.41) is 17.4. The highest BCUT2D eigenvalue weighted by molar-refractivity contribution is 5.94. The van der Waals surface area contributed by atoms with Gasteiger partial charge in [-0.1, -0.05) is 12.1 Å². The Balaban J connectivity index is 1.86. The third-order valence-corrected chi connectivity index (χ3v) is 4.68. The van der Waals surface area contributed by atoms with Crippen molar-refractivity contribution >= 4 is 23.5 Å². The van der Waals surface area contributed by atoms with Crippen LogP contribution >= 0.6 is 0 Å². The van der Waals surface area contributed by atoms with Crippen molar-refractivity contribution in [3.63, 3.8) is 0 Å². The maximum atomic E-state index is 14.4. The van der Waals surface area contributed by atoms with Gasteiger partial charge in [-0.3, -0.25) is 9.98 Å². The summed E-state index contributed by atoms with van der Waals surface area (Å²) in [5.41, 5.74) is 3.09. The van der Waals surface area contributed by atoms with Crippen molar-refractivity contribution in [1.82, 2.24) is 19.9 Å². The fraction of sp³-hybridized carbons (Fsp3) is 0.130. The van der Waals surface area contributed by atoms with Crippen molar-refractivity contribution in [1.29, 1.82) is 5.41 Å². The number of pyridine rings is 2. The zero-order chi connectivity index (χ0) is 21.6. The molecular formula is C23H19FN6O. The minimum absolute atomic E-state index is 0.0677. The monoisotopic (exact) mass is 414 g/mol. The number of nitrogens with one attached hydrogen (secondary N) is 1. The first-order valence-electron chi connectivity index (χ1n) is 9.65. The highest BCUT2D eigenvalue weighted by Gasteiger charge is 2.15. The van der Waals surface area contributed by atoms with E-state index >= 15 is 0 Å². The molecule has 0 saturated heterocycles. The van der Waals surface area contributed by atoms with Gasteiger partial charge in [-0.05, 0) is 30.3 Å². The quantitative estimate of drug-likeness (QED) is 0.449. The predicted octanol–water partition coefficient (Wildman–Crippen LogP) is 3.69. The largest absolute Gasteiger partial charge is 0.394 e. The lowest BCUT2D eigenvalue weighted by molar-refractivity contribution is 0.307. The van der Waals surface area contributed by atoms with E-state index in [4.69, 9.17) is 10.5 Å². The van der Waals surface area contributed by atoms with Gasteiger partial charge >= 0.3 is 0 Å². The molecule has 0 aliphatic rings. The molecule has 2 N–H and O–H groups in total. The van der Waals surface area contributed by atoms with Crippen molar-refractivity contribution in [2.45, 2.75) is 5.92 Å². The molecule has 0 radical (unpaired) electrons. The van der Waals surface area contributed by atoms with E-state index in [1.807, 2.05) is 6.07 Å². The van der Waals surface area contributed by atoms with E-state index < -0.39 is 5.92 Å². The average Bonchev–Trinajstić information content (AvgIpc) is 2.81. The van der Waals surface area contributed by atoms with Gasteiger partial charge in [0.1, 0.15) is 5.82 Å². The molecule has 1 aromatic carbocycles. The van der Waals surface area contributed by atoms with Crippen LogP contribution in [0.3, 0.4) is 0 Å². The summed E-state index contributed by atoms with van der Waals surface area (Å²) < 4.78 is 14.4. The summed E-state index contributed by atoms with van der Waals surface area (Å²) in [5.74, 6) is -0.851. The van der Waals surface area contributed by atoms with Gasteiger partial charge in [0.05, 0.1) is 42.3 Å². The standard InChI is InChI=1S/C23H19FN6O/c24-19-6-2-1-4-17(19)20-10-18(16-5-3-7-28-23(16)30-20)22-14-27-13-21(29-22)15(11-25)12-26-8-9-31/h1-7,10-15,25,31H,8-9H2. The maximum Gasteiger partial charge on any atom is 0.160 e. The van der Waals surface area contributed by atoms with E-state index in [1.165, 1.54) is 12.3 Å². The van der Waals surface area contributed by atoms with Crippen LogP contribution < -0.4 is 0 Å². The van der Waals surface area contributed by atoms with Crippen LogP contribution in [0.2, 0.25) is 0 Å². The predicted molar refractivity (Wildman–Crippen MR) is 118 cm³/mol. The number of hydrogen-bond donors (Lipinski definition) is 2. The lowest BCUT2D eigenvalue weighted by Gasteiger charge is -2.11. The fourth-order valence-electron chi connectivity index (χ4n) is 3.20. The fourth-order valence-corrected chi connectivity index (χ4v) is 3.20. The number of rotatable bonds is 7. The Morgan fingerprint density at radius 2 is 1.94 bits per heavy atom. The molecule has 8 heteroatoms. The van der Waals surface area contributed by atoms with Gasteiger partial charge < -0.3 is 10.5 Å². The molecular weight excluding hydrogens is 395 g/mol. The number of aromatic nitrogens is 4. The molecule has 0 bridgehead atoms. The summed E-state index contributed by atoms with van der Waals surface area (Å²) in [7, 11) is 0. The van der Waals surface area contributed by atoms with Gasteiger partial charge in [0.2, 0.25) is 0 Å². The molecule has 0 fully saturated rings. The molecule has 3 heterocycles. The highest BCUT2D eigenvalue weighted by atomic mass is 19.1. The van der Waals surface area contributed by atoms with E-state index in [-0.39, 0.29) is 19.0 Å². The van der Waals surface area contributed by atoms with Gasteiger partial charge in [0.15, 0.2) is 5.65 Å². The third kappa shape index (κ3) is 4.34. The first-order chi connectivity index (χ1) is 15.2. The zero-order valence-electron chi connectivity index (χ0n) is 16.5. The second-order valence-electron chi connectivity index (χ2n) is 6.71. The Hall–Kier alpha value is -3.91. The Morgan fingerprint density at radius 1 is 1.06 bits per heavy atom. The van der Waals surface area contributed by atoms with Gasteiger partial charge in [0.25, 0.3) is 0 Å². The number of fused-ring (bicyclic) bond motifs is 1. The van der Waals surface area contributed by atoms with Crippen LogP contribution in [0.4, 0.5) is 4.39 Å². The smallest absolute Gasteiger partial charge is 0.160 e. The molecule has 4 aromatic rings. The number of nitrogens with zero attached hydrogens (tertiary/aromatic N) is 5. The maximum absolute atomic E-state index is 14.4. The summed E-state index contributed by atoms with van der Waals surface area (Å²) in [6.45, 7) is 0.186. The Kier molecular flexibility index (Phi) is 6.09. The number of hydrogen-bond acceptors (Lipinski definition) is 7. The van der Waals surface area contributed by atoms with Gasteiger partial charge in [0, 0.05) is 41.3 Å². The minimum Gasteiger partial charge on any atom is -0.394 e. The number of halogens is 1. The molecule has 1 atom stereocenters. The van der Waals surface area contributed by atoms with Crippen molar-refractivity contribution in [2.24, 2.45) is 4.99 Å². The van der Waals surface area contributed by atoms with Gasteiger partial charge in [-0.15, -0.1) is 0 Å². The molecule has 4 rings (SSSR count). The van der Waals surface area contributed by atoms with Crippen molar-refractivity contribution in [3.05, 3.63) is 72.6 Å². The molecule has 0 amide bonds. The molecule has 0 saturated carbocycles. The molecule has 31 heavy (non-hydrogen) atoms. The highest BCUT2D eigenvalue weighted by Crippen LogP contribution is 2.31. The Bertz CT molecular complexity index is 1260. The summed E-state index contributed by atoms with van der Waals surface area (Å²) in [4.78, 5) is 22.0. The van der Waals surface area contributed by atoms with Gasteiger partial charge in [-0.25, -0.2) is 19.3 Å². The van der Waals surface area contributed by atoms with Crippen LogP contribution in [0, 0.1) is 11.2 Å². The first-order valence-corrected chi connectivity index (χ1v) is 9.65. The van der Waals surface area contributed by atoms with Crippen LogP contribution in [0.1, 0.15) is 11.6 Å². The summed E-state index contributed by atoms with van der Waals surface area (Å²) >= 11 is 0. The van der Waals surface area contributed by atoms with Crippen LogP contribution in [-0.2, 0) is 0 Å². The molecule has 154 valence electrons. The number of aliphatic imine (C=N–C) groups is 1. The Labute approximate surface area is 177 Å². The summed E-state index contributed by atoms with van der Waals surface area (Å²) in [6.07, 6.45) is 7.60. The minimum atomic E-state index is -0.476. The second-order valence-corrected chi connectivity index (χ2v) is 6.71. The lowest BCUT2D eigenvalue weighted by atomic mass is 10.0. The van der Waals surface area contributed by atoms with Crippen LogP contribution in [-0.4, -0.2) is 50.6 Å². The second kappa shape index (κ2) is 9.27. The van der Waals surface area contributed by atoms with E-state index in [2.05, 4.69) is 24.9 Å². The number of aliphatic hydroxyl groups excluding tert-OH is 1. The first kappa shape index (κ1) is 20.4. The average molecular weight is 414 g/mol. The van der Waals surface area contributed by atoms with Crippen LogP contribution in [0.15, 0.2) is 66.0 Å². The van der Waals surface area contributed by atoms with E-state index in [1.54, 1.807) is 55.1 Å². The van der Waals surface area contributed by atoms with Crippen molar-refractivity contribution < 1.29 is 9.50 Å². The molecule has 0 aliphatic heterocycles. The van der Waals surface area contributed by atoms with Crippen LogP contribution in [0.5, 0.6) is 0 Å². The van der Waals surface area contributed by atoms with Crippen molar-refractivity contribution in [3.8, 4) is 22.5 Å². The Morgan fingerprint density at radius 3 is 2.74 bits per heavy atom. The molecule has 0 aliphatic carbocycles. The normalized spacial score (nSPS) is 12.3. The molecule has 1 unspecified atom stereocenters. The summed E-state index contributed by atoms with van der Waals surface area (Å²) in [6, 6.07) is 11.9. The van der Waals surface area contributed by atoms with Gasteiger partial charge in [-0.2, -0.15) is 0 Å². The van der Waals surface area contributed by atoms with E-state index in [9.17, 15) is 4.39 Å². The van der Waals surface area contributed by atoms with Crippen molar-refractivity contribution in [2.75, 3.05) is 13.2 Å². The lowest BCUT2D eigenvalue weighted by Crippen LogP contribution is -2.07. The van der Waals surface area contributed by atoms with Crippen LogP contribution in [0.25, 0.3) is 33.5 Å².